The Morgan fingerprint density at radius 2 is 1.20 bits per heavy atom. The van der Waals surface area contributed by atoms with Crippen molar-refractivity contribution in [2.45, 2.75) is 0 Å². The van der Waals surface area contributed by atoms with Crippen LogP contribution in [-0.4, -0.2) is 40.9 Å². The van der Waals surface area contributed by atoms with Gasteiger partial charge in [-0.3, -0.25) is 0 Å². The van der Waals surface area contributed by atoms with E-state index in [1.54, 1.807) is 0 Å². The van der Waals surface area contributed by atoms with Gasteiger partial charge < -0.3 is 0 Å². The van der Waals surface area contributed by atoms with Crippen LogP contribution in [0.3, 0.4) is 0 Å². The molecule has 1 aliphatic rings. The van der Waals surface area contributed by atoms with Crippen molar-refractivity contribution in [1.29, 1.82) is 0 Å². The van der Waals surface area contributed by atoms with Crippen LogP contribution < -0.4 is 21.3 Å². The summed E-state index contributed by atoms with van der Waals surface area (Å²) in [5.41, 5.74) is 10.9. The van der Waals surface area contributed by atoms with Crippen molar-refractivity contribution in [2.24, 2.45) is 12.1 Å². The molecule has 44 heavy (non-hydrogen) atoms. The molecule has 0 amide bonds. The van der Waals surface area contributed by atoms with Crippen LogP contribution in [0, 0.1) is 3.80 Å². The molecule has 0 radical (unpaired) electrons. The van der Waals surface area contributed by atoms with E-state index in [9.17, 15) is 0 Å². The van der Waals surface area contributed by atoms with Gasteiger partial charge in [-0.05, 0) is 0 Å². The number of aromatic nitrogens is 2. The molecule has 5 aromatic carbocycles. The summed E-state index contributed by atoms with van der Waals surface area (Å²) in [5.74, 6) is 0. The van der Waals surface area contributed by atoms with E-state index >= 15 is 0 Å². The number of hydrogen-bond donors (Lipinski definition) is 0. The first-order chi connectivity index (χ1) is 21.6. The molecule has 1 aromatic heterocycles. The van der Waals surface area contributed by atoms with Crippen LogP contribution in [0.1, 0.15) is 0 Å². The van der Waals surface area contributed by atoms with E-state index in [0.29, 0.717) is 0 Å². The van der Waals surface area contributed by atoms with Gasteiger partial charge in [-0.15, -0.1) is 0 Å². The maximum absolute atomic E-state index is 4.48. The third-order valence-corrected chi connectivity index (χ3v) is 9.57. The second-order valence-corrected chi connectivity index (χ2v) is 12.2. The first-order valence-corrected chi connectivity index (χ1v) is 15.9. The van der Waals surface area contributed by atoms with Gasteiger partial charge in [-0.25, -0.2) is 0 Å². The minimum atomic E-state index is -0.0408. The molecule has 7 rings (SSSR count). The molecule has 1 aliphatic heterocycles. The summed E-state index contributed by atoms with van der Waals surface area (Å²) >= 11 is 2.39. The van der Waals surface area contributed by atoms with E-state index in [0.717, 1.165) is 21.8 Å². The van der Waals surface area contributed by atoms with Crippen LogP contribution in [0.5, 0.6) is 0 Å². The number of rotatable bonds is 7. The quantitative estimate of drug-likeness (QED) is 0.205. The predicted molar refractivity (Wildman–Crippen MR) is 180 cm³/mol. The topological polar surface area (TPSA) is 28.7 Å². The van der Waals surface area contributed by atoms with Crippen molar-refractivity contribution < 1.29 is 19.4 Å². The van der Waals surface area contributed by atoms with Crippen LogP contribution >= 0.6 is 0 Å². The van der Waals surface area contributed by atoms with Gasteiger partial charge in [0.25, 0.3) is 0 Å². The second-order valence-electron chi connectivity index (χ2n) is 11.1. The van der Waals surface area contributed by atoms with Gasteiger partial charge in [-0.2, -0.15) is 0 Å². The third-order valence-electron chi connectivity index (χ3n) is 8.22. The fraction of sp³-hybridized carbons (Fsp3) is 0.0811. The number of nitrogens with zero attached hydrogens (tertiary/aromatic N) is 5. The van der Waals surface area contributed by atoms with Gasteiger partial charge >= 0.3 is 264 Å². The van der Waals surface area contributed by atoms with Crippen molar-refractivity contribution in [1.82, 2.24) is 14.1 Å². The minimum absolute atomic E-state index is 0.0408. The fourth-order valence-corrected chi connectivity index (χ4v) is 6.74. The Labute approximate surface area is 269 Å². The Kier molecular flexibility index (Phi) is 7.76. The summed E-state index contributed by atoms with van der Waals surface area (Å²) in [7, 11) is 4.08. The zero-order chi connectivity index (χ0) is 30.0. The monoisotopic (exact) mass is 752 g/mol. The molecular formula is C37H32BN5Pt. The van der Waals surface area contributed by atoms with Crippen molar-refractivity contribution in [3.05, 3.63) is 144 Å². The van der Waals surface area contributed by atoms with E-state index in [1.165, 1.54) is 38.6 Å². The summed E-state index contributed by atoms with van der Waals surface area (Å²) in [6, 6.07) is 46.2. The van der Waals surface area contributed by atoms with Gasteiger partial charge in [0.15, 0.2) is 0 Å². The van der Waals surface area contributed by atoms with E-state index in [-0.39, 0.29) is 6.71 Å². The molecule has 218 valence electrons. The van der Waals surface area contributed by atoms with Crippen molar-refractivity contribution in [3.63, 3.8) is 0 Å². The van der Waals surface area contributed by atoms with E-state index < -0.39 is 0 Å². The summed E-state index contributed by atoms with van der Waals surface area (Å²) in [4.78, 5) is 2.19. The number of benzene rings is 5. The average Bonchev–Trinajstić information content (AvgIpc) is 3.66. The molecule has 0 saturated carbocycles. The predicted octanol–water partition coefficient (Wildman–Crippen LogP) is 5.40. The van der Waals surface area contributed by atoms with Crippen LogP contribution in [0.25, 0.3) is 27.9 Å². The van der Waals surface area contributed by atoms with Crippen molar-refractivity contribution in [2.75, 3.05) is 18.6 Å². The summed E-state index contributed by atoms with van der Waals surface area (Å²) in [6.45, 7) is 0.684. The Hall–Kier alpha value is -4.67. The van der Waals surface area contributed by atoms with Gasteiger partial charge in [0.2, 0.25) is 0 Å². The van der Waals surface area contributed by atoms with Crippen LogP contribution in [0.15, 0.2) is 145 Å². The summed E-state index contributed by atoms with van der Waals surface area (Å²) < 4.78 is 5.53. The maximum atomic E-state index is 4.48. The van der Waals surface area contributed by atoms with Crippen molar-refractivity contribution in [3.8, 4) is 27.9 Å². The fourth-order valence-electron chi connectivity index (χ4n) is 6.11. The number of hydrogen-bond acceptors (Lipinski definition) is 3. The van der Waals surface area contributed by atoms with Gasteiger partial charge in [0, 0.05) is 7.05 Å². The van der Waals surface area contributed by atoms with Crippen molar-refractivity contribution >= 4 is 35.1 Å². The molecule has 6 aromatic rings. The molecule has 0 saturated heterocycles. The zero-order valence-corrected chi connectivity index (χ0v) is 27.0. The Morgan fingerprint density at radius 3 is 1.75 bits per heavy atom. The Morgan fingerprint density at radius 1 is 0.636 bits per heavy atom. The average molecular weight is 753 g/mol. The molecular weight excluding hydrogens is 720 g/mol. The molecule has 2 heterocycles. The molecule has 0 fully saturated rings. The van der Waals surface area contributed by atoms with Crippen LogP contribution in [0.2, 0.25) is 0 Å². The number of hydrazone groups is 1. The molecule has 0 unspecified atom stereocenters. The molecule has 0 aliphatic carbocycles. The molecule has 0 atom stereocenters. The number of aryl methyl sites for hydroxylation is 1. The Balaban J connectivity index is 1.51. The first-order valence-electron chi connectivity index (χ1n) is 14.7. The van der Waals surface area contributed by atoms with Crippen LogP contribution in [-0.2, 0) is 26.4 Å². The molecule has 7 heteroatoms. The molecule has 0 spiro atoms. The number of anilines is 1. The van der Waals surface area contributed by atoms with E-state index in [2.05, 4.69) is 185 Å². The van der Waals surface area contributed by atoms with Gasteiger partial charge in [0.05, 0.1) is 0 Å². The molecule has 5 nitrogen and oxygen atoms in total. The summed E-state index contributed by atoms with van der Waals surface area (Å²) in [5, 5.41) is 6.43. The first kappa shape index (κ1) is 28.1. The second kappa shape index (κ2) is 12.1. The molecule has 0 N–H and O–H groups in total. The SMILES string of the molecule is CN1CN(c2cccc(B(c3cccc(-n4ccn(C)[c]4=[Pt])c3)c3c(-c4ccccc4)cccc3-c3ccccc3)c2)C=N1. The number of imidazole rings is 1. The Bertz CT molecular complexity index is 1960. The zero-order valence-electron chi connectivity index (χ0n) is 24.7. The third kappa shape index (κ3) is 5.42. The summed E-state index contributed by atoms with van der Waals surface area (Å²) in [6.07, 6.45) is 6.15. The molecule has 0 bridgehead atoms. The van der Waals surface area contributed by atoms with Gasteiger partial charge in [-0.1, -0.05) is 0 Å². The normalized spacial score (nSPS) is 12.6. The van der Waals surface area contributed by atoms with Crippen LogP contribution in [0.4, 0.5) is 5.69 Å². The standard InChI is InChI=1S/C37H32BN5.Pt/c1-40-22-23-42(27-40)33-18-9-16-31(24-33)38(32-17-10-19-34(25-32)43-26-39-41(2)28-43)37-35(29-12-5-3-6-13-29)20-11-21-36(37)30-14-7-4-8-15-30;/h3-26H,28H2,1-2H3;. The van der Waals surface area contributed by atoms with Gasteiger partial charge in [0.1, 0.15) is 0 Å². The van der Waals surface area contributed by atoms with E-state index in [1.807, 2.05) is 18.4 Å². The van der Waals surface area contributed by atoms with E-state index in [4.69, 9.17) is 0 Å².